The van der Waals surface area contributed by atoms with Crippen LogP contribution in [0.15, 0.2) is 48.8 Å². The van der Waals surface area contributed by atoms with Crippen molar-refractivity contribution in [3.8, 4) is 28.7 Å². The van der Waals surface area contributed by atoms with Gasteiger partial charge >= 0.3 is 6.03 Å². The molecule has 2 aromatic heterocycles. The molecule has 0 bridgehead atoms. The van der Waals surface area contributed by atoms with E-state index in [1.165, 1.54) is 37.3 Å². The standard InChI is InChI=1S/C29H31FN6O6/c1-4-41-26-16-36(17-6-5-11-35(15-17)29(31)38)34-27(26)28(37)33-21-8-7-18(12-20(21)30)42-23-9-10-32-22-14-25(40-3)24(39-2)13-19(22)23/h7-10,12-14,16-17H,4-6,11,15H2,1-3H3,(H2,31,38)(H,33,37). The molecular weight excluding hydrogens is 547 g/mol. The summed E-state index contributed by atoms with van der Waals surface area (Å²) in [4.78, 5) is 30.7. The monoisotopic (exact) mass is 578 g/mol. The summed E-state index contributed by atoms with van der Waals surface area (Å²) < 4.78 is 39.1. The van der Waals surface area contributed by atoms with Crippen LogP contribution in [0.1, 0.15) is 36.3 Å². The molecule has 1 fully saturated rings. The highest BCUT2D eigenvalue weighted by molar-refractivity contribution is 6.04. The maximum absolute atomic E-state index is 15.2. The minimum absolute atomic E-state index is 0.000376. The Bertz CT molecular complexity index is 1630. The van der Waals surface area contributed by atoms with Crippen LogP contribution in [-0.4, -0.2) is 65.5 Å². The predicted octanol–water partition coefficient (Wildman–Crippen LogP) is 4.75. The summed E-state index contributed by atoms with van der Waals surface area (Å²) in [5.41, 5.74) is 6.00. The van der Waals surface area contributed by atoms with Gasteiger partial charge in [-0.1, -0.05) is 0 Å². The number of piperidine rings is 1. The van der Waals surface area contributed by atoms with E-state index in [0.29, 0.717) is 47.8 Å². The van der Waals surface area contributed by atoms with Gasteiger partial charge in [-0.25, -0.2) is 9.18 Å². The van der Waals surface area contributed by atoms with E-state index < -0.39 is 17.8 Å². The zero-order valence-corrected chi connectivity index (χ0v) is 23.4. The molecule has 1 saturated heterocycles. The Balaban J connectivity index is 1.35. The molecule has 3 heterocycles. The number of carbonyl (C=O) groups excluding carboxylic acids is 2. The third kappa shape index (κ3) is 5.85. The Labute approximate surface area is 241 Å². The average molecular weight is 579 g/mol. The topological polar surface area (TPSA) is 143 Å². The molecule has 2 aromatic carbocycles. The summed E-state index contributed by atoms with van der Waals surface area (Å²) in [5.74, 6) is 0.557. The minimum Gasteiger partial charge on any atom is -0.493 e. The number of fused-ring (bicyclic) bond motifs is 1. The fraction of sp³-hybridized carbons (Fsp3) is 0.310. The number of amides is 3. The van der Waals surface area contributed by atoms with E-state index in [0.717, 1.165) is 12.8 Å². The normalized spacial score (nSPS) is 14.9. The summed E-state index contributed by atoms with van der Waals surface area (Å²) in [6.07, 6.45) is 4.68. The zero-order chi connectivity index (χ0) is 29.8. The quantitative estimate of drug-likeness (QED) is 0.290. The SMILES string of the molecule is CCOc1cn(C2CCCN(C(N)=O)C2)nc1C(=O)Nc1ccc(Oc2ccnc3cc(OC)c(OC)cc23)cc1F. The van der Waals surface area contributed by atoms with Gasteiger partial charge in [-0.05, 0) is 44.0 Å². The van der Waals surface area contributed by atoms with E-state index in [2.05, 4.69) is 15.4 Å². The number of anilines is 1. The Hall–Kier alpha value is -5.07. The third-order valence-corrected chi connectivity index (χ3v) is 6.92. The number of likely N-dealkylation sites (tertiary alicyclic amines) is 1. The van der Waals surface area contributed by atoms with Gasteiger partial charge in [0.05, 0.1) is 44.3 Å². The van der Waals surface area contributed by atoms with E-state index in [1.54, 1.807) is 42.2 Å². The van der Waals surface area contributed by atoms with Gasteiger partial charge in [0.25, 0.3) is 5.91 Å². The van der Waals surface area contributed by atoms with Gasteiger partial charge in [0.1, 0.15) is 17.3 Å². The molecule has 1 atom stereocenters. The fourth-order valence-corrected chi connectivity index (χ4v) is 4.86. The lowest BCUT2D eigenvalue weighted by molar-refractivity contribution is 0.101. The number of benzene rings is 2. The van der Waals surface area contributed by atoms with Crippen LogP contribution in [0.25, 0.3) is 10.9 Å². The Kier molecular flexibility index (Phi) is 8.27. The smallest absolute Gasteiger partial charge is 0.314 e. The number of urea groups is 1. The highest BCUT2D eigenvalue weighted by Crippen LogP contribution is 2.37. The van der Waals surface area contributed by atoms with Crippen LogP contribution >= 0.6 is 0 Å². The van der Waals surface area contributed by atoms with Crippen LogP contribution in [0.2, 0.25) is 0 Å². The van der Waals surface area contributed by atoms with E-state index in [-0.39, 0.29) is 28.9 Å². The van der Waals surface area contributed by atoms with Crippen molar-refractivity contribution in [1.29, 1.82) is 0 Å². The molecule has 3 N–H and O–H groups in total. The summed E-state index contributed by atoms with van der Waals surface area (Å²) in [7, 11) is 3.06. The van der Waals surface area contributed by atoms with Crippen LogP contribution in [0, 0.1) is 5.82 Å². The van der Waals surface area contributed by atoms with E-state index in [1.807, 2.05) is 0 Å². The molecule has 0 spiro atoms. The Morgan fingerprint density at radius 2 is 1.88 bits per heavy atom. The summed E-state index contributed by atoms with van der Waals surface area (Å²) in [6.45, 7) is 3.02. The van der Waals surface area contributed by atoms with Gasteiger partial charge in [-0.2, -0.15) is 5.10 Å². The molecule has 220 valence electrons. The van der Waals surface area contributed by atoms with Gasteiger partial charge in [-0.3, -0.25) is 14.5 Å². The van der Waals surface area contributed by atoms with Crippen molar-refractivity contribution >= 4 is 28.5 Å². The molecule has 1 aliphatic rings. The molecule has 42 heavy (non-hydrogen) atoms. The lowest BCUT2D eigenvalue weighted by atomic mass is 10.1. The number of rotatable bonds is 9. The molecule has 5 rings (SSSR count). The van der Waals surface area contributed by atoms with E-state index in [9.17, 15) is 9.59 Å². The summed E-state index contributed by atoms with van der Waals surface area (Å²) in [6, 6.07) is 8.54. The van der Waals surface area contributed by atoms with Crippen molar-refractivity contribution < 1.29 is 32.9 Å². The molecule has 13 heteroatoms. The average Bonchev–Trinajstić information content (AvgIpc) is 3.42. The molecule has 12 nitrogen and oxygen atoms in total. The number of nitrogens with one attached hydrogen (secondary N) is 1. The van der Waals surface area contributed by atoms with Gasteiger partial charge in [0.2, 0.25) is 0 Å². The third-order valence-electron chi connectivity index (χ3n) is 6.92. The predicted molar refractivity (Wildman–Crippen MR) is 152 cm³/mol. The first-order valence-corrected chi connectivity index (χ1v) is 13.4. The van der Waals surface area contributed by atoms with Gasteiger partial charge in [-0.15, -0.1) is 0 Å². The highest BCUT2D eigenvalue weighted by Gasteiger charge is 2.27. The van der Waals surface area contributed by atoms with Crippen LogP contribution < -0.4 is 30.0 Å². The van der Waals surface area contributed by atoms with Crippen LogP contribution in [-0.2, 0) is 0 Å². The van der Waals surface area contributed by atoms with Crippen LogP contribution in [0.5, 0.6) is 28.7 Å². The van der Waals surface area contributed by atoms with Crippen molar-refractivity contribution in [1.82, 2.24) is 19.7 Å². The second-order valence-electron chi connectivity index (χ2n) is 9.57. The van der Waals surface area contributed by atoms with E-state index in [4.69, 9.17) is 24.7 Å². The maximum Gasteiger partial charge on any atom is 0.314 e. The molecule has 0 aliphatic carbocycles. The van der Waals surface area contributed by atoms with Gasteiger partial charge in [0.15, 0.2) is 22.9 Å². The molecule has 1 aliphatic heterocycles. The number of carbonyl (C=O) groups is 2. The summed E-state index contributed by atoms with van der Waals surface area (Å²) >= 11 is 0. The number of primary amides is 1. The zero-order valence-electron chi connectivity index (χ0n) is 23.4. The van der Waals surface area contributed by atoms with Gasteiger partial charge in [0, 0.05) is 36.8 Å². The maximum atomic E-state index is 15.2. The molecule has 3 amide bonds. The second-order valence-corrected chi connectivity index (χ2v) is 9.57. The highest BCUT2D eigenvalue weighted by atomic mass is 19.1. The minimum atomic E-state index is -0.708. The van der Waals surface area contributed by atoms with E-state index >= 15 is 4.39 Å². The van der Waals surface area contributed by atoms with Crippen molar-refractivity contribution in [3.63, 3.8) is 0 Å². The first-order valence-electron chi connectivity index (χ1n) is 13.4. The number of hydrogen-bond donors (Lipinski definition) is 2. The molecule has 1 unspecified atom stereocenters. The number of nitrogens with zero attached hydrogens (tertiary/aromatic N) is 4. The fourth-order valence-electron chi connectivity index (χ4n) is 4.86. The first-order chi connectivity index (χ1) is 20.3. The number of methoxy groups -OCH3 is 2. The number of halogens is 1. The number of pyridine rings is 1. The number of hydrogen-bond acceptors (Lipinski definition) is 8. The molecule has 0 radical (unpaired) electrons. The number of aromatic nitrogens is 3. The lowest BCUT2D eigenvalue weighted by Crippen LogP contribution is -2.43. The molecule has 4 aromatic rings. The van der Waals surface area contributed by atoms with Crippen molar-refractivity contribution in [2.45, 2.75) is 25.8 Å². The molecular formula is C29H31FN6O6. The van der Waals surface area contributed by atoms with Crippen LogP contribution in [0.3, 0.4) is 0 Å². The number of nitrogens with two attached hydrogens (primary N) is 1. The Morgan fingerprint density at radius 3 is 2.60 bits per heavy atom. The van der Waals surface area contributed by atoms with Crippen molar-refractivity contribution in [2.75, 3.05) is 39.2 Å². The van der Waals surface area contributed by atoms with Gasteiger partial charge < -0.3 is 34.9 Å². The lowest BCUT2D eigenvalue weighted by Gasteiger charge is -2.31. The summed E-state index contributed by atoms with van der Waals surface area (Å²) in [5, 5.41) is 7.64. The van der Waals surface area contributed by atoms with Crippen molar-refractivity contribution in [2.24, 2.45) is 5.73 Å². The molecule has 0 saturated carbocycles. The number of ether oxygens (including phenoxy) is 4. The van der Waals surface area contributed by atoms with Crippen molar-refractivity contribution in [3.05, 3.63) is 60.3 Å². The first kappa shape index (κ1) is 28.5. The Morgan fingerprint density at radius 1 is 1.10 bits per heavy atom. The largest absolute Gasteiger partial charge is 0.493 e. The van der Waals surface area contributed by atoms with Crippen LogP contribution in [0.4, 0.5) is 14.9 Å². The second kappa shape index (κ2) is 12.2.